The molecule has 0 aromatic heterocycles. The summed E-state index contributed by atoms with van der Waals surface area (Å²) in [5.74, 6) is 0.123. The molecule has 16 heavy (non-hydrogen) atoms. The first-order valence-corrected chi connectivity index (χ1v) is 5.90. The summed E-state index contributed by atoms with van der Waals surface area (Å²) >= 11 is 0. The number of phenolic OH excluding ortho intramolecular Hbond substituents is 1. The van der Waals surface area contributed by atoms with E-state index in [1.807, 2.05) is 0 Å². The second-order valence-corrected chi connectivity index (χ2v) is 4.22. The van der Waals surface area contributed by atoms with Crippen molar-refractivity contribution in [2.45, 2.75) is 6.54 Å². The van der Waals surface area contributed by atoms with E-state index in [1.54, 1.807) is 12.1 Å². The first kappa shape index (κ1) is 13.1. The van der Waals surface area contributed by atoms with Crippen LogP contribution >= 0.6 is 7.82 Å². The van der Waals surface area contributed by atoms with Crippen LogP contribution in [0.15, 0.2) is 24.3 Å². The van der Waals surface area contributed by atoms with Crippen LogP contribution in [0.25, 0.3) is 0 Å². The number of benzene rings is 1. The summed E-state index contributed by atoms with van der Waals surface area (Å²) in [6.45, 7) is 0.269. The highest BCUT2D eigenvalue weighted by Crippen LogP contribution is 2.35. The Morgan fingerprint density at radius 1 is 1.50 bits per heavy atom. The third-order valence-electron chi connectivity index (χ3n) is 1.65. The van der Waals surface area contributed by atoms with Gasteiger partial charge in [0.05, 0.1) is 0 Å². The Morgan fingerprint density at radius 3 is 2.75 bits per heavy atom. The Balaban J connectivity index is 2.43. The molecule has 0 aliphatic carbocycles. The maximum absolute atomic E-state index is 10.5. The van der Waals surface area contributed by atoms with Crippen LogP contribution in [0.2, 0.25) is 0 Å². The van der Waals surface area contributed by atoms with Gasteiger partial charge in [0.2, 0.25) is 0 Å². The maximum atomic E-state index is 10.5. The zero-order chi connectivity index (χ0) is 12.2. The van der Waals surface area contributed by atoms with E-state index in [4.69, 9.17) is 14.9 Å². The van der Waals surface area contributed by atoms with Gasteiger partial charge in [0.25, 0.3) is 0 Å². The monoisotopic (exact) mass is 248 g/mol. The summed E-state index contributed by atoms with van der Waals surface area (Å²) in [4.78, 5) is 17.0. The minimum atomic E-state index is -4.54. The molecule has 7 nitrogen and oxygen atoms in total. The van der Waals surface area contributed by atoms with Crippen molar-refractivity contribution in [1.82, 2.24) is 10.6 Å². The van der Waals surface area contributed by atoms with Gasteiger partial charge in [-0.3, -0.25) is 0 Å². The minimum absolute atomic E-state index is 0.123. The number of nitrogens with zero attached hydrogens (tertiary/aromatic N) is 1. The van der Waals surface area contributed by atoms with E-state index in [9.17, 15) is 4.57 Å². The van der Waals surface area contributed by atoms with E-state index in [2.05, 4.69) is 10.1 Å². The van der Waals surface area contributed by atoms with Gasteiger partial charge in [0.15, 0.2) is 0 Å². The molecule has 4 N–H and O–H groups in total. The quantitative estimate of drug-likeness (QED) is 0.440. The van der Waals surface area contributed by atoms with Crippen molar-refractivity contribution in [1.29, 1.82) is 0 Å². The van der Waals surface area contributed by atoms with Crippen molar-refractivity contribution < 1.29 is 24.1 Å². The van der Waals surface area contributed by atoms with Gasteiger partial charge in [-0.05, 0) is 17.7 Å². The molecular weight excluding hydrogens is 235 g/mol. The minimum Gasteiger partial charge on any atom is -0.508 e. The van der Waals surface area contributed by atoms with Crippen molar-refractivity contribution in [2.75, 3.05) is 7.05 Å². The Kier molecular flexibility index (Phi) is 4.43. The van der Waals surface area contributed by atoms with Crippen LogP contribution in [0, 0.1) is 0 Å². The van der Waals surface area contributed by atoms with Gasteiger partial charge in [-0.1, -0.05) is 12.1 Å². The van der Waals surface area contributed by atoms with Crippen molar-refractivity contribution in [2.24, 2.45) is 0 Å². The lowest BCUT2D eigenvalue weighted by Crippen LogP contribution is -2.32. The number of hydrazine groups is 1. The molecule has 0 aliphatic rings. The molecule has 0 saturated carbocycles. The lowest BCUT2D eigenvalue weighted by Gasteiger charge is -2.17. The van der Waals surface area contributed by atoms with Gasteiger partial charge in [-0.25, -0.2) is 9.99 Å². The van der Waals surface area contributed by atoms with E-state index in [0.717, 1.165) is 10.7 Å². The normalized spacial score (nSPS) is 12.0. The predicted octanol–water partition coefficient (Wildman–Crippen LogP) is 0.353. The first-order valence-electron chi connectivity index (χ1n) is 4.37. The highest BCUT2D eigenvalue weighted by atomic mass is 31.2. The van der Waals surface area contributed by atoms with Gasteiger partial charge in [0.1, 0.15) is 5.75 Å². The van der Waals surface area contributed by atoms with Gasteiger partial charge >= 0.3 is 7.82 Å². The molecule has 0 spiro atoms. The highest BCUT2D eigenvalue weighted by molar-refractivity contribution is 7.46. The Hall–Kier alpha value is -0.950. The molecule has 0 atom stereocenters. The van der Waals surface area contributed by atoms with E-state index in [0.29, 0.717) is 0 Å². The molecule has 0 amide bonds. The number of aromatic hydroxyl groups is 1. The van der Waals surface area contributed by atoms with E-state index >= 15 is 0 Å². The van der Waals surface area contributed by atoms with Crippen LogP contribution in [-0.4, -0.2) is 27.1 Å². The molecule has 0 radical (unpaired) electrons. The lowest BCUT2D eigenvalue weighted by molar-refractivity contribution is -0.103. The Morgan fingerprint density at radius 2 is 2.19 bits per heavy atom. The number of hydroxylamine groups is 1. The third kappa shape index (κ3) is 5.22. The summed E-state index contributed by atoms with van der Waals surface area (Å²) in [5.41, 5.74) is 3.34. The topological polar surface area (TPSA) is 102 Å². The molecule has 0 aliphatic heterocycles. The number of hydrogen-bond donors (Lipinski definition) is 4. The fourth-order valence-electron chi connectivity index (χ4n) is 1.06. The van der Waals surface area contributed by atoms with Crippen LogP contribution in [-0.2, 0) is 15.7 Å². The Labute approximate surface area is 92.4 Å². The second kappa shape index (κ2) is 5.40. The van der Waals surface area contributed by atoms with Gasteiger partial charge in [0, 0.05) is 13.6 Å². The number of phenols is 1. The smallest absolute Gasteiger partial charge is 0.487 e. The molecule has 1 rings (SSSR count). The molecule has 0 fully saturated rings. The molecule has 0 bridgehead atoms. The molecule has 0 unspecified atom stereocenters. The van der Waals surface area contributed by atoms with Crippen LogP contribution in [0.3, 0.4) is 0 Å². The van der Waals surface area contributed by atoms with Crippen molar-refractivity contribution in [3.63, 3.8) is 0 Å². The SMILES string of the molecule is CN(NCc1cccc(O)c1)OP(=O)(O)O. The molecular formula is C8H13N2O5P. The summed E-state index contributed by atoms with van der Waals surface area (Å²) in [7, 11) is -3.22. The molecule has 1 aromatic carbocycles. The standard InChI is InChI=1S/C8H13N2O5P/c1-10(15-16(12,13)14)9-6-7-3-2-4-8(11)5-7/h2-5,9,11H,6H2,1H3,(H2,12,13,14). The number of nitrogens with one attached hydrogen (secondary N) is 1. The zero-order valence-electron chi connectivity index (χ0n) is 8.57. The van der Waals surface area contributed by atoms with E-state index in [-0.39, 0.29) is 12.3 Å². The summed E-state index contributed by atoms with van der Waals surface area (Å²) < 4.78 is 14.7. The van der Waals surface area contributed by atoms with Crippen LogP contribution in [0.5, 0.6) is 5.75 Å². The summed E-state index contributed by atoms with van der Waals surface area (Å²) in [5, 5.41) is 9.99. The van der Waals surface area contributed by atoms with Crippen molar-refractivity contribution in [3.05, 3.63) is 29.8 Å². The predicted molar refractivity (Wildman–Crippen MR) is 55.8 cm³/mol. The van der Waals surface area contributed by atoms with Crippen LogP contribution < -0.4 is 5.43 Å². The largest absolute Gasteiger partial charge is 0.508 e. The molecule has 90 valence electrons. The molecule has 1 aromatic rings. The summed E-state index contributed by atoms with van der Waals surface area (Å²) in [6, 6.07) is 6.46. The van der Waals surface area contributed by atoms with E-state index < -0.39 is 7.82 Å². The third-order valence-corrected chi connectivity index (χ3v) is 2.10. The van der Waals surface area contributed by atoms with E-state index in [1.165, 1.54) is 19.2 Å². The zero-order valence-corrected chi connectivity index (χ0v) is 9.46. The fraction of sp³-hybridized carbons (Fsp3) is 0.250. The lowest BCUT2D eigenvalue weighted by atomic mass is 10.2. The molecule has 0 saturated heterocycles. The summed E-state index contributed by atoms with van der Waals surface area (Å²) in [6.07, 6.45) is 0. The Bertz CT molecular complexity index is 394. The van der Waals surface area contributed by atoms with Crippen molar-refractivity contribution in [3.8, 4) is 5.75 Å². The second-order valence-electron chi connectivity index (χ2n) is 3.07. The first-order chi connectivity index (χ1) is 7.37. The van der Waals surface area contributed by atoms with Gasteiger partial charge < -0.3 is 14.9 Å². The van der Waals surface area contributed by atoms with Gasteiger partial charge in [-0.2, -0.15) is 4.62 Å². The van der Waals surface area contributed by atoms with Crippen molar-refractivity contribution >= 4 is 7.82 Å². The maximum Gasteiger partial charge on any atom is 0.487 e. The average Bonchev–Trinajstić information content (AvgIpc) is 2.12. The van der Waals surface area contributed by atoms with Gasteiger partial charge in [-0.15, -0.1) is 5.17 Å². The number of phosphoric acid groups is 1. The van der Waals surface area contributed by atoms with Crippen LogP contribution in [0.1, 0.15) is 5.56 Å². The number of hydrogen-bond acceptors (Lipinski definition) is 5. The molecule has 8 heteroatoms. The van der Waals surface area contributed by atoms with Crippen LogP contribution in [0.4, 0.5) is 0 Å². The number of rotatable bonds is 5. The highest BCUT2D eigenvalue weighted by Gasteiger charge is 2.17. The average molecular weight is 248 g/mol. The molecule has 0 heterocycles. The fourth-order valence-corrected chi connectivity index (χ4v) is 1.43.